The Bertz CT molecular complexity index is 880. The minimum atomic E-state index is -0.415. The Labute approximate surface area is 149 Å². The molecule has 26 heavy (non-hydrogen) atoms. The van der Waals surface area contributed by atoms with E-state index < -0.39 is 5.82 Å². The van der Waals surface area contributed by atoms with E-state index in [1.54, 1.807) is 30.3 Å². The molecule has 0 fully saturated rings. The molecule has 1 aromatic heterocycles. The van der Waals surface area contributed by atoms with Crippen molar-refractivity contribution < 1.29 is 13.6 Å². The van der Waals surface area contributed by atoms with E-state index in [-0.39, 0.29) is 11.7 Å². The maximum Gasteiger partial charge on any atom is 0.257 e. The zero-order valence-electron chi connectivity index (χ0n) is 13.9. The topological polar surface area (TPSA) is 54.0 Å². The van der Waals surface area contributed by atoms with Gasteiger partial charge in [0.15, 0.2) is 0 Å². The van der Waals surface area contributed by atoms with Crippen LogP contribution in [0.4, 0.5) is 20.3 Å². The average Bonchev–Trinajstić information content (AvgIpc) is 2.64. The summed E-state index contributed by atoms with van der Waals surface area (Å²) < 4.78 is 26.0. The highest BCUT2D eigenvalue weighted by atomic mass is 19.1. The van der Waals surface area contributed by atoms with Gasteiger partial charge in [-0.25, -0.2) is 13.8 Å². The van der Waals surface area contributed by atoms with Gasteiger partial charge in [-0.15, -0.1) is 0 Å². The molecule has 0 radical (unpaired) electrons. The Hall–Kier alpha value is -3.28. The molecule has 6 heteroatoms. The highest BCUT2D eigenvalue weighted by Gasteiger charge is 2.07. The fourth-order valence-corrected chi connectivity index (χ4v) is 2.39. The number of rotatable bonds is 6. The van der Waals surface area contributed by atoms with Gasteiger partial charge in [0.2, 0.25) is 0 Å². The van der Waals surface area contributed by atoms with Crippen LogP contribution in [0.3, 0.4) is 0 Å². The molecule has 4 nitrogen and oxygen atoms in total. The quantitative estimate of drug-likeness (QED) is 0.696. The first kappa shape index (κ1) is 17.5. The van der Waals surface area contributed by atoms with E-state index in [0.717, 1.165) is 12.0 Å². The van der Waals surface area contributed by atoms with E-state index in [9.17, 15) is 13.6 Å². The SMILES string of the molecule is O=C(Nc1cccc(F)c1)c1ccc(NCCc2ccc(F)cc2)nc1. The number of carbonyl (C=O) groups is 1. The van der Waals surface area contributed by atoms with Crippen LogP contribution in [-0.4, -0.2) is 17.4 Å². The van der Waals surface area contributed by atoms with Crippen molar-refractivity contribution in [1.82, 2.24) is 4.98 Å². The Morgan fingerprint density at radius 3 is 2.46 bits per heavy atom. The van der Waals surface area contributed by atoms with Crippen LogP contribution in [0.25, 0.3) is 0 Å². The molecule has 132 valence electrons. The number of aromatic nitrogens is 1. The van der Waals surface area contributed by atoms with E-state index in [0.29, 0.717) is 23.6 Å². The second kappa shape index (κ2) is 8.20. The monoisotopic (exact) mass is 353 g/mol. The lowest BCUT2D eigenvalue weighted by Crippen LogP contribution is -2.13. The molecule has 0 spiro atoms. The van der Waals surface area contributed by atoms with Crippen LogP contribution in [0.5, 0.6) is 0 Å². The van der Waals surface area contributed by atoms with Gasteiger partial charge in [0.1, 0.15) is 17.5 Å². The lowest BCUT2D eigenvalue weighted by Gasteiger charge is -2.08. The molecular formula is C20H17F2N3O. The largest absolute Gasteiger partial charge is 0.370 e. The van der Waals surface area contributed by atoms with Crippen molar-refractivity contribution in [1.29, 1.82) is 0 Å². The average molecular weight is 353 g/mol. The number of nitrogens with one attached hydrogen (secondary N) is 2. The highest BCUT2D eigenvalue weighted by Crippen LogP contribution is 2.12. The summed E-state index contributed by atoms with van der Waals surface area (Å²) in [6.07, 6.45) is 2.18. The number of hydrogen-bond donors (Lipinski definition) is 2. The normalized spacial score (nSPS) is 10.4. The summed E-state index contributed by atoms with van der Waals surface area (Å²) in [5.74, 6) is -0.396. The number of halogens is 2. The second-order valence-corrected chi connectivity index (χ2v) is 5.70. The number of carbonyl (C=O) groups excluding carboxylic acids is 1. The Morgan fingerprint density at radius 2 is 1.77 bits per heavy atom. The lowest BCUT2D eigenvalue weighted by atomic mass is 10.1. The van der Waals surface area contributed by atoms with E-state index >= 15 is 0 Å². The first-order chi connectivity index (χ1) is 12.6. The summed E-state index contributed by atoms with van der Waals surface area (Å²) in [5, 5.41) is 5.76. The summed E-state index contributed by atoms with van der Waals surface area (Å²) in [6, 6.07) is 15.4. The summed E-state index contributed by atoms with van der Waals surface area (Å²) in [6.45, 7) is 0.632. The van der Waals surface area contributed by atoms with Crippen molar-refractivity contribution >= 4 is 17.4 Å². The lowest BCUT2D eigenvalue weighted by molar-refractivity contribution is 0.102. The van der Waals surface area contributed by atoms with Crippen molar-refractivity contribution in [3.8, 4) is 0 Å². The standard InChI is InChI=1S/C20H17F2N3O/c21-16-7-4-14(5-8-16)10-11-23-19-9-6-15(13-24-19)20(26)25-18-3-1-2-17(22)12-18/h1-9,12-13H,10-11H2,(H,23,24)(H,25,26). The fourth-order valence-electron chi connectivity index (χ4n) is 2.39. The van der Waals surface area contributed by atoms with Crippen LogP contribution in [0, 0.1) is 11.6 Å². The molecule has 3 rings (SSSR count). The third-order valence-corrected chi connectivity index (χ3v) is 3.74. The molecule has 0 aliphatic carbocycles. The number of nitrogens with zero attached hydrogens (tertiary/aromatic N) is 1. The van der Waals surface area contributed by atoms with Crippen LogP contribution < -0.4 is 10.6 Å². The van der Waals surface area contributed by atoms with Crippen molar-refractivity contribution in [3.63, 3.8) is 0 Å². The maximum absolute atomic E-state index is 13.1. The number of hydrogen-bond acceptors (Lipinski definition) is 3. The number of anilines is 2. The van der Waals surface area contributed by atoms with Crippen molar-refractivity contribution in [2.24, 2.45) is 0 Å². The molecular weight excluding hydrogens is 336 g/mol. The smallest absolute Gasteiger partial charge is 0.257 e. The summed E-state index contributed by atoms with van der Waals surface area (Å²) in [7, 11) is 0. The van der Waals surface area contributed by atoms with Crippen LogP contribution in [0.2, 0.25) is 0 Å². The Kier molecular flexibility index (Phi) is 5.53. The van der Waals surface area contributed by atoms with Crippen LogP contribution in [-0.2, 0) is 6.42 Å². The van der Waals surface area contributed by atoms with Gasteiger partial charge in [0.05, 0.1) is 5.56 Å². The first-order valence-electron chi connectivity index (χ1n) is 8.11. The third kappa shape index (κ3) is 4.86. The van der Waals surface area contributed by atoms with Crippen LogP contribution in [0.1, 0.15) is 15.9 Å². The first-order valence-corrected chi connectivity index (χ1v) is 8.11. The van der Waals surface area contributed by atoms with Crippen molar-refractivity contribution in [2.45, 2.75) is 6.42 Å². The molecule has 0 unspecified atom stereocenters. The second-order valence-electron chi connectivity index (χ2n) is 5.70. The predicted molar refractivity (Wildman–Crippen MR) is 97.2 cm³/mol. The number of pyridine rings is 1. The van der Waals surface area contributed by atoms with Crippen LogP contribution >= 0.6 is 0 Å². The number of amides is 1. The summed E-state index contributed by atoms with van der Waals surface area (Å²) >= 11 is 0. The molecule has 2 aromatic carbocycles. The molecule has 0 saturated carbocycles. The maximum atomic E-state index is 13.1. The molecule has 0 aliphatic rings. The Balaban J connectivity index is 1.52. The fraction of sp³-hybridized carbons (Fsp3) is 0.100. The molecule has 0 saturated heterocycles. The summed E-state index contributed by atoms with van der Waals surface area (Å²) in [4.78, 5) is 16.3. The molecule has 2 N–H and O–H groups in total. The van der Waals surface area contributed by atoms with Crippen LogP contribution in [0.15, 0.2) is 66.9 Å². The van der Waals surface area contributed by atoms with Gasteiger partial charge in [-0.1, -0.05) is 18.2 Å². The molecule has 1 amide bonds. The number of benzene rings is 2. The Morgan fingerprint density at radius 1 is 0.962 bits per heavy atom. The molecule has 3 aromatic rings. The van der Waals surface area contributed by atoms with E-state index in [2.05, 4.69) is 15.6 Å². The third-order valence-electron chi connectivity index (χ3n) is 3.74. The minimum absolute atomic E-state index is 0.254. The van der Waals surface area contributed by atoms with Gasteiger partial charge in [-0.3, -0.25) is 4.79 Å². The van der Waals surface area contributed by atoms with Gasteiger partial charge < -0.3 is 10.6 Å². The van der Waals surface area contributed by atoms with E-state index in [1.807, 2.05) is 0 Å². The molecule has 0 bridgehead atoms. The van der Waals surface area contributed by atoms with Gasteiger partial charge >= 0.3 is 0 Å². The van der Waals surface area contributed by atoms with Gasteiger partial charge in [-0.2, -0.15) is 0 Å². The molecule has 0 atom stereocenters. The highest BCUT2D eigenvalue weighted by molar-refractivity contribution is 6.04. The minimum Gasteiger partial charge on any atom is -0.370 e. The predicted octanol–water partition coefficient (Wildman–Crippen LogP) is 4.27. The van der Waals surface area contributed by atoms with Crippen molar-refractivity contribution in [2.75, 3.05) is 17.2 Å². The van der Waals surface area contributed by atoms with E-state index in [1.165, 1.54) is 36.5 Å². The summed E-state index contributed by atoms with van der Waals surface area (Å²) in [5.41, 5.74) is 1.78. The zero-order valence-corrected chi connectivity index (χ0v) is 13.9. The van der Waals surface area contributed by atoms with Crippen molar-refractivity contribution in [3.05, 3.63) is 89.6 Å². The van der Waals surface area contributed by atoms with Gasteiger partial charge in [-0.05, 0) is 54.4 Å². The zero-order chi connectivity index (χ0) is 18.4. The van der Waals surface area contributed by atoms with Gasteiger partial charge in [0.25, 0.3) is 5.91 Å². The molecule has 1 heterocycles. The van der Waals surface area contributed by atoms with Gasteiger partial charge in [0, 0.05) is 18.4 Å². The van der Waals surface area contributed by atoms with E-state index in [4.69, 9.17) is 0 Å². The molecule has 0 aliphatic heterocycles.